The predicted octanol–water partition coefficient (Wildman–Crippen LogP) is 2.71. The van der Waals surface area contributed by atoms with Gasteiger partial charge in [-0.1, -0.05) is 19.9 Å². The normalized spacial score (nSPS) is 24.4. The Kier molecular flexibility index (Phi) is 2.31. The first-order valence-corrected chi connectivity index (χ1v) is 6.46. The summed E-state index contributed by atoms with van der Waals surface area (Å²) in [4.78, 5) is 19.8. The van der Waals surface area contributed by atoms with Gasteiger partial charge in [-0.25, -0.2) is 4.98 Å². The third-order valence-corrected chi connectivity index (χ3v) is 4.36. The molecule has 0 aliphatic heterocycles. The van der Waals surface area contributed by atoms with Crippen LogP contribution in [0, 0.1) is 12.3 Å². The Morgan fingerprint density at radius 3 is 2.68 bits per heavy atom. The zero-order valence-corrected chi connectivity index (χ0v) is 11.7. The summed E-state index contributed by atoms with van der Waals surface area (Å²) < 4.78 is 5.02. The van der Waals surface area contributed by atoms with Crippen molar-refractivity contribution in [2.75, 3.05) is 7.11 Å². The predicted molar refractivity (Wildman–Crippen MR) is 72.9 cm³/mol. The number of methoxy groups -OCH3 is 1. The SMILES string of the molecule is COC(=O)C1(c2ccc3nc(C)[nH]c3c2)CC1(C)C. The molecular weight excluding hydrogens is 240 g/mol. The number of carbonyl (C=O) groups is 1. The number of hydrogen-bond acceptors (Lipinski definition) is 3. The number of ether oxygens (including phenoxy) is 1. The summed E-state index contributed by atoms with van der Waals surface area (Å²) in [5, 5.41) is 0. The Balaban J connectivity index is 2.14. The van der Waals surface area contributed by atoms with Gasteiger partial charge >= 0.3 is 5.97 Å². The van der Waals surface area contributed by atoms with Gasteiger partial charge in [-0.3, -0.25) is 4.79 Å². The second kappa shape index (κ2) is 3.59. The first kappa shape index (κ1) is 12.2. The molecule has 1 aromatic carbocycles. The molecule has 1 N–H and O–H groups in total. The molecule has 4 heteroatoms. The van der Waals surface area contributed by atoms with Crippen molar-refractivity contribution < 1.29 is 9.53 Å². The van der Waals surface area contributed by atoms with Gasteiger partial charge in [0.1, 0.15) is 5.82 Å². The van der Waals surface area contributed by atoms with Crippen LogP contribution < -0.4 is 0 Å². The third-order valence-electron chi connectivity index (χ3n) is 4.36. The van der Waals surface area contributed by atoms with Crippen LogP contribution in [-0.4, -0.2) is 23.0 Å². The minimum Gasteiger partial charge on any atom is -0.468 e. The maximum Gasteiger partial charge on any atom is 0.316 e. The van der Waals surface area contributed by atoms with Crippen molar-refractivity contribution in [1.29, 1.82) is 0 Å². The Bertz CT molecular complexity index is 672. The molecule has 2 aromatic rings. The topological polar surface area (TPSA) is 55.0 Å². The molecule has 1 aromatic heterocycles. The lowest BCUT2D eigenvalue weighted by Crippen LogP contribution is -2.27. The van der Waals surface area contributed by atoms with Crippen molar-refractivity contribution in [3.05, 3.63) is 29.6 Å². The van der Waals surface area contributed by atoms with Gasteiger partial charge in [0.25, 0.3) is 0 Å². The number of rotatable bonds is 2. The Labute approximate surface area is 112 Å². The van der Waals surface area contributed by atoms with E-state index in [9.17, 15) is 4.79 Å². The van der Waals surface area contributed by atoms with E-state index in [0.29, 0.717) is 0 Å². The summed E-state index contributed by atoms with van der Waals surface area (Å²) in [7, 11) is 1.46. The van der Waals surface area contributed by atoms with Crippen molar-refractivity contribution in [3.8, 4) is 0 Å². The first-order valence-electron chi connectivity index (χ1n) is 6.46. The average molecular weight is 258 g/mol. The number of H-pyrrole nitrogens is 1. The standard InChI is InChI=1S/C15H18N2O2/c1-9-16-11-6-5-10(7-12(11)17-9)15(13(18)19-4)8-14(15,2)3/h5-7H,8H2,1-4H3,(H,16,17). The molecule has 0 saturated heterocycles. The number of aromatic nitrogens is 2. The highest BCUT2D eigenvalue weighted by Crippen LogP contribution is 2.65. The van der Waals surface area contributed by atoms with Crippen LogP contribution in [0.4, 0.5) is 0 Å². The Hall–Kier alpha value is -1.84. The van der Waals surface area contributed by atoms with Gasteiger partial charge in [-0.05, 0) is 36.5 Å². The molecule has 0 radical (unpaired) electrons. The number of imidazole rings is 1. The van der Waals surface area contributed by atoms with E-state index in [1.165, 1.54) is 7.11 Å². The maximum atomic E-state index is 12.2. The number of hydrogen-bond donors (Lipinski definition) is 1. The molecule has 19 heavy (non-hydrogen) atoms. The lowest BCUT2D eigenvalue weighted by atomic mass is 9.87. The van der Waals surface area contributed by atoms with Gasteiger partial charge in [0.2, 0.25) is 0 Å². The molecule has 0 amide bonds. The van der Waals surface area contributed by atoms with Crippen LogP contribution in [-0.2, 0) is 14.9 Å². The van der Waals surface area contributed by atoms with E-state index in [0.717, 1.165) is 28.8 Å². The first-order chi connectivity index (χ1) is 8.90. The Morgan fingerprint density at radius 1 is 1.42 bits per heavy atom. The number of aryl methyl sites for hydroxylation is 1. The number of aromatic amines is 1. The van der Waals surface area contributed by atoms with Gasteiger partial charge in [-0.15, -0.1) is 0 Å². The molecule has 0 spiro atoms. The van der Waals surface area contributed by atoms with Crippen molar-refractivity contribution in [2.45, 2.75) is 32.6 Å². The molecule has 100 valence electrons. The summed E-state index contributed by atoms with van der Waals surface area (Å²) in [6.45, 7) is 6.13. The van der Waals surface area contributed by atoms with Gasteiger partial charge in [-0.2, -0.15) is 0 Å². The van der Waals surface area contributed by atoms with E-state index in [4.69, 9.17) is 4.74 Å². The average Bonchev–Trinajstić information content (AvgIpc) is 2.76. The van der Waals surface area contributed by atoms with Crippen LogP contribution in [0.25, 0.3) is 11.0 Å². The number of esters is 1. The molecule has 1 unspecified atom stereocenters. The zero-order valence-electron chi connectivity index (χ0n) is 11.7. The van der Waals surface area contributed by atoms with Crippen molar-refractivity contribution in [1.82, 2.24) is 9.97 Å². The molecular formula is C15H18N2O2. The number of benzene rings is 1. The second-order valence-corrected chi connectivity index (χ2v) is 6.01. The van der Waals surface area contributed by atoms with Gasteiger partial charge < -0.3 is 9.72 Å². The lowest BCUT2D eigenvalue weighted by molar-refractivity contribution is -0.144. The molecule has 1 saturated carbocycles. The highest BCUT2D eigenvalue weighted by atomic mass is 16.5. The van der Waals surface area contributed by atoms with Crippen LogP contribution in [0.2, 0.25) is 0 Å². The van der Waals surface area contributed by atoms with Crippen molar-refractivity contribution >= 4 is 17.0 Å². The monoisotopic (exact) mass is 258 g/mol. The van der Waals surface area contributed by atoms with E-state index >= 15 is 0 Å². The third kappa shape index (κ3) is 1.52. The molecule has 1 heterocycles. The van der Waals surface area contributed by atoms with E-state index in [1.807, 2.05) is 25.1 Å². The fraction of sp³-hybridized carbons (Fsp3) is 0.467. The number of nitrogens with one attached hydrogen (secondary N) is 1. The number of nitrogens with zero attached hydrogens (tertiary/aromatic N) is 1. The number of carbonyl (C=O) groups excluding carboxylic acids is 1. The van der Waals surface area contributed by atoms with Gasteiger partial charge in [0.15, 0.2) is 0 Å². The summed E-state index contributed by atoms with van der Waals surface area (Å²) in [6, 6.07) is 5.99. The molecule has 0 bridgehead atoms. The molecule has 1 atom stereocenters. The highest BCUT2D eigenvalue weighted by Gasteiger charge is 2.68. The minimum atomic E-state index is -0.505. The van der Waals surface area contributed by atoms with E-state index in [1.54, 1.807) is 0 Å². The minimum absolute atomic E-state index is 0.0527. The largest absolute Gasteiger partial charge is 0.468 e. The summed E-state index contributed by atoms with van der Waals surface area (Å²) in [5.74, 6) is 0.738. The highest BCUT2D eigenvalue weighted by molar-refractivity contribution is 5.90. The lowest BCUT2D eigenvalue weighted by Gasteiger charge is -2.18. The number of fused-ring (bicyclic) bond motifs is 1. The molecule has 3 rings (SSSR count). The fourth-order valence-electron chi connectivity index (χ4n) is 3.15. The van der Waals surface area contributed by atoms with Gasteiger partial charge in [0, 0.05) is 0 Å². The van der Waals surface area contributed by atoms with Crippen LogP contribution in [0.3, 0.4) is 0 Å². The van der Waals surface area contributed by atoms with Crippen LogP contribution in [0.1, 0.15) is 31.7 Å². The Morgan fingerprint density at radius 2 is 2.11 bits per heavy atom. The maximum absolute atomic E-state index is 12.2. The van der Waals surface area contributed by atoms with Crippen molar-refractivity contribution in [3.63, 3.8) is 0 Å². The van der Waals surface area contributed by atoms with Crippen LogP contribution in [0.15, 0.2) is 18.2 Å². The van der Waals surface area contributed by atoms with Crippen LogP contribution in [0.5, 0.6) is 0 Å². The van der Waals surface area contributed by atoms with E-state index < -0.39 is 5.41 Å². The molecule has 1 fully saturated rings. The second-order valence-electron chi connectivity index (χ2n) is 6.01. The molecule has 4 nitrogen and oxygen atoms in total. The summed E-state index contributed by atoms with van der Waals surface area (Å²) >= 11 is 0. The summed E-state index contributed by atoms with van der Waals surface area (Å²) in [5.41, 5.74) is 2.36. The molecule has 1 aliphatic rings. The van der Waals surface area contributed by atoms with Gasteiger partial charge in [0.05, 0.1) is 23.6 Å². The van der Waals surface area contributed by atoms with E-state index in [2.05, 4.69) is 23.8 Å². The van der Waals surface area contributed by atoms with E-state index in [-0.39, 0.29) is 11.4 Å². The van der Waals surface area contributed by atoms with Crippen molar-refractivity contribution in [2.24, 2.45) is 5.41 Å². The molecule has 1 aliphatic carbocycles. The summed E-state index contributed by atoms with van der Waals surface area (Å²) in [6.07, 6.45) is 0.825. The fourth-order valence-corrected chi connectivity index (χ4v) is 3.15. The smallest absolute Gasteiger partial charge is 0.316 e. The zero-order chi connectivity index (χ0) is 13.8. The van der Waals surface area contributed by atoms with Crippen LogP contribution >= 0.6 is 0 Å². The quantitative estimate of drug-likeness (QED) is 0.843.